The molecule has 0 heterocycles. The van der Waals surface area contributed by atoms with E-state index in [0.717, 1.165) is 0 Å². The SMILES string of the molecule is COCCOCC(=O)NC(CCCCNC(=O)CSC)C(=O)O. The van der Waals surface area contributed by atoms with Crippen LogP contribution in [0.25, 0.3) is 0 Å². The minimum absolute atomic E-state index is 0.0335. The van der Waals surface area contributed by atoms with E-state index in [9.17, 15) is 14.4 Å². The second-order valence-corrected chi connectivity index (χ2v) is 5.65. The van der Waals surface area contributed by atoms with Crippen LogP contribution in [0.4, 0.5) is 0 Å². The average Bonchev–Trinajstić information content (AvgIpc) is 2.50. The molecule has 1 atom stereocenters. The number of hydrogen-bond donors (Lipinski definition) is 3. The first kappa shape index (κ1) is 21.7. The maximum atomic E-state index is 11.6. The van der Waals surface area contributed by atoms with E-state index in [1.807, 2.05) is 6.26 Å². The molecule has 0 saturated heterocycles. The van der Waals surface area contributed by atoms with E-state index in [2.05, 4.69) is 10.6 Å². The summed E-state index contributed by atoms with van der Waals surface area (Å²) < 4.78 is 9.80. The van der Waals surface area contributed by atoms with Gasteiger partial charge >= 0.3 is 5.97 Å². The van der Waals surface area contributed by atoms with Gasteiger partial charge in [-0.3, -0.25) is 9.59 Å². The number of unbranched alkanes of at least 4 members (excludes halogenated alkanes) is 1. The lowest BCUT2D eigenvalue weighted by molar-refractivity contribution is -0.142. The lowest BCUT2D eigenvalue weighted by atomic mass is 10.1. The normalized spacial score (nSPS) is 11.7. The molecule has 0 aromatic rings. The number of hydrogen-bond acceptors (Lipinski definition) is 6. The molecule has 0 aliphatic heterocycles. The summed E-state index contributed by atoms with van der Waals surface area (Å²) in [5.41, 5.74) is 0. The molecule has 0 spiro atoms. The van der Waals surface area contributed by atoms with Crippen molar-refractivity contribution in [3.63, 3.8) is 0 Å². The molecule has 0 aromatic heterocycles. The number of carboxylic acids is 1. The van der Waals surface area contributed by atoms with E-state index in [1.165, 1.54) is 18.9 Å². The molecule has 0 aliphatic rings. The van der Waals surface area contributed by atoms with E-state index in [0.29, 0.717) is 38.2 Å². The largest absolute Gasteiger partial charge is 0.480 e. The Balaban J connectivity index is 3.87. The zero-order valence-corrected chi connectivity index (χ0v) is 14.4. The lowest BCUT2D eigenvalue weighted by Gasteiger charge is -2.14. The van der Waals surface area contributed by atoms with E-state index >= 15 is 0 Å². The van der Waals surface area contributed by atoms with Crippen LogP contribution in [0.2, 0.25) is 0 Å². The highest BCUT2D eigenvalue weighted by molar-refractivity contribution is 7.99. The predicted molar refractivity (Wildman–Crippen MR) is 87.5 cm³/mol. The second-order valence-electron chi connectivity index (χ2n) is 4.78. The Morgan fingerprint density at radius 3 is 2.52 bits per heavy atom. The van der Waals surface area contributed by atoms with Gasteiger partial charge in [0.05, 0.1) is 19.0 Å². The van der Waals surface area contributed by atoms with Crippen molar-refractivity contribution in [1.29, 1.82) is 0 Å². The van der Waals surface area contributed by atoms with Gasteiger partial charge in [-0.2, -0.15) is 11.8 Å². The van der Waals surface area contributed by atoms with Crippen molar-refractivity contribution in [2.45, 2.75) is 25.3 Å². The van der Waals surface area contributed by atoms with Crippen LogP contribution < -0.4 is 10.6 Å². The summed E-state index contributed by atoms with van der Waals surface area (Å²) in [5, 5.41) is 14.3. The van der Waals surface area contributed by atoms with Crippen LogP contribution >= 0.6 is 11.8 Å². The van der Waals surface area contributed by atoms with Crippen LogP contribution in [-0.2, 0) is 23.9 Å². The van der Waals surface area contributed by atoms with E-state index in [4.69, 9.17) is 14.6 Å². The molecular formula is C14H26N2O6S. The molecule has 9 heteroatoms. The molecule has 0 radical (unpaired) electrons. The molecule has 0 bridgehead atoms. The third-order valence-corrected chi connectivity index (χ3v) is 3.37. The van der Waals surface area contributed by atoms with Gasteiger partial charge < -0.3 is 25.2 Å². The third-order valence-electron chi connectivity index (χ3n) is 2.82. The van der Waals surface area contributed by atoms with Gasteiger partial charge in [0.25, 0.3) is 0 Å². The molecule has 3 N–H and O–H groups in total. The van der Waals surface area contributed by atoms with Crippen molar-refractivity contribution in [2.24, 2.45) is 0 Å². The van der Waals surface area contributed by atoms with Gasteiger partial charge in [0, 0.05) is 13.7 Å². The van der Waals surface area contributed by atoms with Gasteiger partial charge in [-0.05, 0) is 25.5 Å². The lowest BCUT2D eigenvalue weighted by Crippen LogP contribution is -2.42. The highest BCUT2D eigenvalue weighted by Gasteiger charge is 2.19. The van der Waals surface area contributed by atoms with Crippen LogP contribution in [-0.4, -0.2) is 74.4 Å². The number of methoxy groups -OCH3 is 1. The Bertz CT molecular complexity index is 367. The topological polar surface area (TPSA) is 114 Å². The van der Waals surface area contributed by atoms with Crippen molar-refractivity contribution in [1.82, 2.24) is 10.6 Å². The van der Waals surface area contributed by atoms with Crippen LogP contribution in [0.15, 0.2) is 0 Å². The number of amides is 2. The highest BCUT2D eigenvalue weighted by Crippen LogP contribution is 2.01. The summed E-state index contributed by atoms with van der Waals surface area (Å²) in [6.07, 6.45) is 3.39. The number of thioether (sulfide) groups is 1. The summed E-state index contributed by atoms with van der Waals surface area (Å²) in [4.78, 5) is 33.9. The number of carbonyl (C=O) groups is 3. The summed E-state index contributed by atoms with van der Waals surface area (Å²) in [6.45, 7) is 0.951. The zero-order valence-electron chi connectivity index (χ0n) is 13.6. The Hall–Kier alpha value is -1.32. The average molecular weight is 350 g/mol. The smallest absolute Gasteiger partial charge is 0.326 e. The molecular weight excluding hydrogens is 324 g/mol. The number of rotatable bonds is 14. The molecule has 23 heavy (non-hydrogen) atoms. The molecule has 8 nitrogen and oxygen atoms in total. The summed E-state index contributed by atoms with van der Waals surface area (Å²) in [5.74, 6) is -1.17. The standard InChI is InChI=1S/C14H26N2O6S/c1-21-7-8-22-9-12(17)16-11(14(19)20)5-3-4-6-15-13(18)10-23-2/h11H,3-10H2,1-2H3,(H,15,18)(H,16,17)(H,19,20). The van der Waals surface area contributed by atoms with Gasteiger partial charge in [0.2, 0.25) is 11.8 Å². The Morgan fingerprint density at radius 2 is 1.91 bits per heavy atom. The monoisotopic (exact) mass is 350 g/mol. The summed E-state index contributed by atoms with van der Waals surface area (Å²) in [7, 11) is 1.52. The van der Waals surface area contributed by atoms with Crippen LogP contribution in [0, 0.1) is 0 Å². The first-order valence-electron chi connectivity index (χ1n) is 7.35. The minimum Gasteiger partial charge on any atom is -0.480 e. The number of carbonyl (C=O) groups excluding carboxylic acids is 2. The van der Waals surface area contributed by atoms with Crippen molar-refractivity contribution in [3.8, 4) is 0 Å². The molecule has 134 valence electrons. The van der Waals surface area contributed by atoms with Crippen molar-refractivity contribution in [2.75, 3.05) is 45.5 Å². The number of ether oxygens (including phenoxy) is 2. The van der Waals surface area contributed by atoms with Gasteiger partial charge in [0.1, 0.15) is 12.6 Å². The van der Waals surface area contributed by atoms with E-state index in [-0.39, 0.29) is 19.1 Å². The van der Waals surface area contributed by atoms with Gasteiger partial charge in [-0.1, -0.05) is 0 Å². The molecule has 0 rings (SSSR count). The molecule has 0 fully saturated rings. The second kappa shape index (κ2) is 14.3. The van der Waals surface area contributed by atoms with Crippen LogP contribution in [0.5, 0.6) is 0 Å². The Morgan fingerprint density at radius 1 is 1.17 bits per heavy atom. The fourth-order valence-electron chi connectivity index (χ4n) is 1.68. The maximum Gasteiger partial charge on any atom is 0.326 e. The first-order valence-corrected chi connectivity index (χ1v) is 8.75. The van der Waals surface area contributed by atoms with Crippen molar-refractivity contribution < 1.29 is 29.0 Å². The number of carboxylic acid groups (broad SMARTS) is 1. The van der Waals surface area contributed by atoms with Crippen LogP contribution in [0.3, 0.4) is 0 Å². The van der Waals surface area contributed by atoms with Gasteiger partial charge in [0.15, 0.2) is 0 Å². The van der Waals surface area contributed by atoms with Gasteiger partial charge in [-0.25, -0.2) is 4.79 Å². The third kappa shape index (κ3) is 12.9. The molecule has 0 aromatic carbocycles. The zero-order chi connectivity index (χ0) is 17.5. The number of nitrogens with one attached hydrogen (secondary N) is 2. The molecule has 0 saturated carbocycles. The highest BCUT2D eigenvalue weighted by atomic mass is 32.2. The van der Waals surface area contributed by atoms with Crippen molar-refractivity contribution in [3.05, 3.63) is 0 Å². The molecule has 2 amide bonds. The fourth-order valence-corrected chi connectivity index (χ4v) is 2.05. The number of aliphatic carboxylic acids is 1. The quantitative estimate of drug-likeness (QED) is 0.374. The van der Waals surface area contributed by atoms with Crippen molar-refractivity contribution >= 4 is 29.5 Å². The molecule has 1 unspecified atom stereocenters. The van der Waals surface area contributed by atoms with Crippen LogP contribution in [0.1, 0.15) is 19.3 Å². The summed E-state index contributed by atoms with van der Waals surface area (Å²) >= 11 is 1.44. The Labute approximate surface area is 140 Å². The minimum atomic E-state index is -1.08. The van der Waals surface area contributed by atoms with E-state index in [1.54, 1.807) is 0 Å². The van der Waals surface area contributed by atoms with E-state index < -0.39 is 17.9 Å². The first-order chi connectivity index (χ1) is 11.0. The Kier molecular flexibility index (Phi) is 13.5. The van der Waals surface area contributed by atoms with Gasteiger partial charge in [-0.15, -0.1) is 0 Å². The predicted octanol–water partition coefficient (Wildman–Crippen LogP) is -0.132. The fraction of sp³-hybridized carbons (Fsp3) is 0.786. The maximum absolute atomic E-state index is 11.6. The molecule has 0 aliphatic carbocycles. The summed E-state index contributed by atoms with van der Waals surface area (Å²) in [6, 6.07) is -0.949.